The van der Waals surface area contributed by atoms with Crippen LogP contribution in [0, 0.1) is 11.5 Å². The highest BCUT2D eigenvalue weighted by Gasteiger charge is 2.09. The van der Waals surface area contributed by atoms with Crippen molar-refractivity contribution in [3.63, 3.8) is 0 Å². The molecule has 0 saturated heterocycles. The van der Waals surface area contributed by atoms with Crippen LogP contribution >= 0.6 is 11.6 Å². The number of pyridine rings is 1. The van der Waals surface area contributed by atoms with Gasteiger partial charge >= 0.3 is 0 Å². The third-order valence-electron chi connectivity index (χ3n) is 2.10. The summed E-state index contributed by atoms with van der Waals surface area (Å²) in [4.78, 5) is 11.4. The minimum atomic E-state index is 0.468. The largest absolute Gasteiger partial charge is 0.348 e. The molecular weight excluding hydrogens is 238 g/mol. The molecule has 90 valence electrons. The van der Waals surface area contributed by atoms with Gasteiger partial charge in [0.15, 0.2) is 0 Å². The van der Waals surface area contributed by atoms with E-state index in [9.17, 15) is 0 Å². The van der Waals surface area contributed by atoms with Crippen molar-refractivity contribution in [3.05, 3.63) is 29.0 Å². The summed E-state index contributed by atoms with van der Waals surface area (Å²) >= 11 is 5.71. The second-order valence-corrected chi connectivity index (χ2v) is 4.14. The average Bonchev–Trinajstić information content (AvgIpc) is 2.28. The third-order valence-corrected chi connectivity index (χ3v) is 2.32. The van der Waals surface area contributed by atoms with Gasteiger partial charge in [-0.1, -0.05) is 17.7 Å². The van der Waals surface area contributed by atoms with Crippen LogP contribution in [0.3, 0.4) is 0 Å². The zero-order chi connectivity index (χ0) is 12.8. The summed E-state index contributed by atoms with van der Waals surface area (Å²) in [6.07, 6.45) is 3.50. The number of hydrogen-bond donors (Lipinski definition) is 0. The van der Waals surface area contributed by atoms with E-state index in [4.69, 9.17) is 16.9 Å². The maximum Gasteiger partial charge on any atom is 0.212 e. The first-order chi connectivity index (χ1) is 8.04. The van der Waals surface area contributed by atoms with Crippen molar-refractivity contribution < 1.29 is 0 Å². The van der Waals surface area contributed by atoms with E-state index in [1.807, 2.05) is 32.1 Å². The Morgan fingerprint density at radius 1 is 1.47 bits per heavy atom. The van der Waals surface area contributed by atoms with E-state index in [0.29, 0.717) is 17.7 Å². The molecule has 0 fully saturated rings. The molecule has 0 aliphatic heterocycles. The summed E-state index contributed by atoms with van der Waals surface area (Å²) in [5.74, 6) is 0.599. The molecule has 5 nitrogen and oxygen atoms in total. The van der Waals surface area contributed by atoms with Crippen molar-refractivity contribution in [3.8, 4) is 6.19 Å². The highest BCUT2D eigenvalue weighted by atomic mass is 35.5. The van der Waals surface area contributed by atoms with Crippen LogP contribution in [-0.4, -0.2) is 41.9 Å². The van der Waals surface area contributed by atoms with Crippen molar-refractivity contribution in [2.24, 2.45) is 4.99 Å². The Morgan fingerprint density at radius 2 is 2.18 bits per heavy atom. The molecule has 0 saturated carbocycles. The molecule has 0 aromatic carbocycles. The first-order valence-corrected chi connectivity index (χ1v) is 5.38. The summed E-state index contributed by atoms with van der Waals surface area (Å²) in [5, 5.41) is 9.08. The van der Waals surface area contributed by atoms with Gasteiger partial charge in [0.05, 0.1) is 0 Å². The second kappa shape index (κ2) is 6.06. The molecule has 0 spiro atoms. The van der Waals surface area contributed by atoms with Gasteiger partial charge in [0, 0.05) is 33.9 Å². The Morgan fingerprint density at radius 3 is 2.65 bits per heavy atom. The molecule has 0 aliphatic rings. The maximum absolute atomic E-state index is 8.62. The summed E-state index contributed by atoms with van der Waals surface area (Å²) in [6, 6.07) is 3.63. The number of guanidine groups is 1. The van der Waals surface area contributed by atoms with Gasteiger partial charge in [0.1, 0.15) is 5.15 Å². The average molecular weight is 252 g/mol. The first kappa shape index (κ1) is 13.3. The SMILES string of the molecule is CN(C)/C(=N\C#N)N(C)Cc1ccc(Cl)nc1. The lowest BCUT2D eigenvalue weighted by Crippen LogP contribution is -2.37. The van der Waals surface area contributed by atoms with Crippen LogP contribution in [0.25, 0.3) is 0 Å². The standard InChI is InChI=1S/C11H14ClN5/c1-16(2)11(15-8-13)17(3)7-9-4-5-10(12)14-6-9/h4-6H,7H2,1-3H3/b15-11+. The van der Waals surface area contributed by atoms with E-state index in [1.54, 1.807) is 23.4 Å². The van der Waals surface area contributed by atoms with Crippen molar-refractivity contribution in [2.45, 2.75) is 6.54 Å². The molecule has 0 radical (unpaired) electrons. The Kier molecular flexibility index (Phi) is 4.73. The van der Waals surface area contributed by atoms with Crippen LogP contribution in [-0.2, 0) is 6.54 Å². The summed E-state index contributed by atoms with van der Waals surface area (Å²) < 4.78 is 0. The highest BCUT2D eigenvalue weighted by molar-refractivity contribution is 6.29. The van der Waals surface area contributed by atoms with Gasteiger partial charge in [0.25, 0.3) is 0 Å². The van der Waals surface area contributed by atoms with Gasteiger partial charge in [-0.05, 0) is 11.6 Å². The quantitative estimate of drug-likeness (QED) is 0.347. The number of nitriles is 1. The lowest BCUT2D eigenvalue weighted by molar-refractivity contribution is 0.419. The zero-order valence-corrected chi connectivity index (χ0v) is 10.8. The van der Waals surface area contributed by atoms with E-state index in [1.165, 1.54) is 0 Å². The number of hydrogen-bond acceptors (Lipinski definition) is 3. The lowest BCUT2D eigenvalue weighted by Gasteiger charge is -2.25. The van der Waals surface area contributed by atoms with Crippen LogP contribution in [0.15, 0.2) is 23.3 Å². The number of aliphatic imine (C=N–C) groups is 1. The van der Waals surface area contributed by atoms with E-state index < -0.39 is 0 Å². The third kappa shape index (κ3) is 3.93. The maximum atomic E-state index is 8.62. The fourth-order valence-electron chi connectivity index (χ4n) is 1.42. The molecule has 6 heteroatoms. The number of halogens is 1. The molecule has 0 bridgehead atoms. The van der Waals surface area contributed by atoms with Gasteiger partial charge in [-0.3, -0.25) is 0 Å². The molecule has 0 amide bonds. The number of aromatic nitrogens is 1. The van der Waals surface area contributed by atoms with Crippen molar-refractivity contribution in [1.82, 2.24) is 14.8 Å². The van der Waals surface area contributed by atoms with Gasteiger partial charge < -0.3 is 9.80 Å². The Bertz CT molecular complexity index is 432. The van der Waals surface area contributed by atoms with Crippen LogP contribution < -0.4 is 0 Å². The molecule has 0 aliphatic carbocycles. The molecular formula is C11H14ClN5. The van der Waals surface area contributed by atoms with E-state index >= 15 is 0 Å². The fourth-order valence-corrected chi connectivity index (χ4v) is 1.53. The zero-order valence-electron chi connectivity index (χ0n) is 10.1. The van der Waals surface area contributed by atoms with Crippen LogP contribution in [0.4, 0.5) is 0 Å². The molecule has 1 aromatic rings. The summed E-state index contributed by atoms with van der Waals surface area (Å²) in [6.45, 7) is 0.614. The number of rotatable bonds is 2. The number of nitrogens with zero attached hydrogens (tertiary/aromatic N) is 5. The molecule has 1 heterocycles. The van der Waals surface area contributed by atoms with Gasteiger partial charge in [-0.15, -0.1) is 4.99 Å². The van der Waals surface area contributed by atoms with Gasteiger partial charge in [-0.2, -0.15) is 5.26 Å². The minimum absolute atomic E-state index is 0.468. The van der Waals surface area contributed by atoms with Crippen molar-refractivity contribution >= 4 is 17.6 Å². The van der Waals surface area contributed by atoms with Crippen LogP contribution in [0.1, 0.15) is 5.56 Å². The van der Waals surface area contributed by atoms with Gasteiger partial charge in [-0.25, -0.2) is 4.98 Å². The Labute approximate surface area is 106 Å². The van der Waals surface area contributed by atoms with E-state index in [-0.39, 0.29) is 0 Å². The fraction of sp³-hybridized carbons (Fsp3) is 0.364. The highest BCUT2D eigenvalue weighted by Crippen LogP contribution is 2.08. The normalized spacial score (nSPS) is 10.9. The summed E-state index contributed by atoms with van der Waals surface area (Å²) in [5.41, 5.74) is 1.00. The predicted octanol–water partition coefficient (Wildman–Crippen LogP) is 1.57. The van der Waals surface area contributed by atoms with Crippen molar-refractivity contribution in [1.29, 1.82) is 5.26 Å². The first-order valence-electron chi connectivity index (χ1n) is 5.00. The second-order valence-electron chi connectivity index (χ2n) is 3.75. The monoisotopic (exact) mass is 251 g/mol. The minimum Gasteiger partial charge on any atom is -0.348 e. The molecule has 0 unspecified atom stereocenters. The molecule has 17 heavy (non-hydrogen) atoms. The Hall–Kier alpha value is -1.80. The molecule has 0 N–H and O–H groups in total. The van der Waals surface area contributed by atoms with Crippen molar-refractivity contribution in [2.75, 3.05) is 21.1 Å². The molecule has 1 aromatic heterocycles. The van der Waals surface area contributed by atoms with E-state index in [0.717, 1.165) is 5.56 Å². The Balaban J connectivity index is 2.77. The van der Waals surface area contributed by atoms with Crippen LogP contribution in [0.2, 0.25) is 5.15 Å². The predicted molar refractivity (Wildman–Crippen MR) is 67.4 cm³/mol. The van der Waals surface area contributed by atoms with Gasteiger partial charge in [0.2, 0.25) is 12.2 Å². The smallest absolute Gasteiger partial charge is 0.212 e. The van der Waals surface area contributed by atoms with Crippen LogP contribution in [0.5, 0.6) is 0 Å². The van der Waals surface area contributed by atoms with E-state index in [2.05, 4.69) is 9.98 Å². The lowest BCUT2D eigenvalue weighted by atomic mass is 10.3. The summed E-state index contributed by atoms with van der Waals surface area (Å²) in [7, 11) is 5.55. The molecule has 1 rings (SSSR count). The topological polar surface area (TPSA) is 55.5 Å². The molecule has 0 atom stereocenters.